The summed E-state index contributed by atoms with van der Waals surface area (Å²) >= 11 is 0. The molecule has 3 heteroatoms. The van der Waals surface area contributed by atoms with Gasteiger partial charge < -0.3 is 5.11 Å². The van der Waals surface area contributed by atoms with Crippen molar-refractivity contribution < 1.29 is 5.11 Å². The molecule has 3 nitrogen and oxygen atoms in total. The van der Waals surface area contributed by atoms with Crippen LogP contribution in [0.4, 0.5) is 0 Å². The average molecular weight is 196 g/mol. The zero-order valence-electron chi connectivity index (χ0n) is 9.70. The molecule has 1 N–H and O–H groups in total. The lowest BCUT2D eigenvalue weighted by molar-refractivity contribution is 0.239. The van der Waals surface area contributed by atoms with Crippen molar-refractivity contribution in [1.82, 2.24) is 9.78 Å². The molecular weight excluding hydrogens is 176 g/mol. The maximum Gasteiger partial charge on any atom is 0.0715 e. The van der Waals surface area contributed by atoms with Crippen LogP contribution in [0.25, 0.3) is 0 Å². The molecule has 0 aliphatic carbocycles. The molecule has 14 heavy (non-hydrogen) atoms. The highest BCUT2D eigenvalue weighted by Gasteiger charge is 2.23. The van der Waals surface area contributed by atoms with Gasteiger partial charge in [0.25, 0.3) is 0 Å². The lowest BCUT2D eigenvalue weighted by Gasteiger charge is -2.28. The van der Waals surface area contributed by atoms with Crippen molar-refractivity contribution in [1.29, 1.82) is 0 Å². The fourth-order valence-electron chi connectivity index (χ4n) is 1.37. The lowest BCUT2D eigenvalue weighted by Crippen LogP contribution is -2.23. The van der Waals surface area contributed by atoms with Gasteiger partial charge in [-0.25, -0.2) is 0 Å². The van der Waals surface area contributed by atoms with Gasteiger partial charge in [-0.3, -0.25) is 4.68 Å². The summed E-state index contributed by atoms with van der Waals surface area (Å²) in [6, 6.07) is 0.336. The number of aliphatic hydroxyl groups is 1. The number of nitrogens with zero attached hydrogens (tertiary/aromatic N) is 2. The quantitative estimate of drug-likeness (QED) is 0.788. The van der Waals surface area contributed by atoms with Crippen LogP contribution in [0.15, 0.2) is 6.20 Å². The van der Waals surface area contributed by atoms with E-state index >= 15 is 0 Å². The third-order valence-electron chi connectivity index (χ3n) is 2.94. The van der Waals surface area contributed by atoms with Crippen LogP contribution in [0.2, 0.25) is 0 Å². The summed E-state index contributed by atoms with van der Waals surface area (Å²) in [5, 5.41) is 13.4. The fraction of sp³-hybridized carbons (Fsp3) is 0.727. The molecule has 1 aromatic heterocycles. The highest BCUT2D eigenvalue weighted by Crippen LogP contribution is 2.30. The molecule has 0 amide bonds. The Labute approximate surface area is 85.8 Å². The summed E-state index contributed by atoms with van der Waals surface area (Å²) in [5.41, 5.74) is 2.17. The average Bonchev–Trinajstić information content (AvgIpc) is 2.43. The Morgan fingerprint density at radius 1 is 1.50 bits per heavy atom. The molecule has 1 atom stereocenters. The topological polar surface area (TPSA) is 38.1 Å². The molecule has 1 rings (SSSR count). The monoisotopic (exact) mass is 196 g/mol. The van der Waals surface area contributed by atoms with Crippen molar-refractivity contribution in [3.63, 3.8) is 0 Å². The van der Waals surface area contributed by atoms with Gasteiger partial charge in [0.05, 0.1) is 18.8 Å². The van der Waals surface area contributed by atoms with Crippen LogP contribution in [-0.2, 0) is 6.61 Å². The van der Waals surface area contributed by atoms with Gasteiger partial charge >= 0.3 is 0 Å². The molecule has 0 aliphatic rings. The van der Waals surface area contributed by atoms with E-state index < -0.39 is 0 Å². The molecule has 0 aliphatic heterocycles. The predicted molar refractivity (Wildman–Crippen MR) is 57.1 cm³/mol. The Kier molecular flexibility index (Phi) is 3.00. The first-order chi connectivity index (χ1) is 6.38. The second kappa shape index (κ2) is 3.73. The van der Waals surface area contributed by atoms with Gasteiger partial charge in [0.2, 0.25) is 0 Å². The lowest BCUT2D eigenvalue weighted by atomic mass is 9.88. The van der Waals surface area contributed by atoms with Crippen molar-refractivity contribution in [2.45, 2.75) is 47.3 Å². The minimum absolute atomic E-state index is 0.0721. The van der Waals surface area contributed by atoms with E-state index in [0.717, 1.165) is 11.3 Å². The van der Waals surface area contributed by atoms with E-state index in [4.69, 9.17) is 5.11 Å². The predicted octanol–water partition coefficient (Wildman–Crippen LogP) is 2.29. The molecule has 0 saturated heterocycles. The van der Waals surface area contributed by atoms with Crippen molar-refractivity contribution in [2.75, 3.05) is 0 Å². The summed E-state index contributed by atoms with van der Waals surface area (Å²) in [5.74, 6) is 0. The molecule has 0 aromatic carbocycles. The standard InChI is InChI=1S/C11H20N2O/c1-8-10(7-14)6-12-13(8)9(2)11(3,4)5/h6,9,14H,7H2,1-5H3. The zero-order chi connectivity index (χ0) is 10.9. The first-order valence-electron chi connectivity index (χ1n) is 5.01. The molecule has 0 radical (unpaired) electrons. The minimum Gasteiger partial charge on any atom is -0.392 e. The number of aromatic nitrogens is 2. The van der Waals surface area contributed by atoms with Crippen LogP contribution in [0.1, 0.15) is 45.0 Å². The molecule has 0 saturated carbocycles. The van der Waals surface area contributed by atoms with E-state index in [1.807, 2.05) is 11.6 Å². The second-order valence-corrected chi connectivity index (χ2v) is 4.90. The van der Waals surface area contributed by atoms with Gasteiger partial charge in [-0.05, 0) is 19.3 Å². The molecule has 0 fully saturated rings. The maximum absolute atomic E-state index is 9.06. The molecule has 1 heterocycles. The molecule has 1 unspecified atom stereocenters. The zero-order valence-corrected chi connectivity index (χ0v) is 9.70. The second-order valence-electron chi connectivity index (χ2n) is 4.90. The van der Waals surface area contributed by atoms with Gasteiger partial charge in [-0.1, -0.05) is 20.8 Å². The number of hydrogen-bond donors (Lipinski definition) is 1. The van der Waals surface area contributed by atoms with E-state index in [0.29, 0.717) is 6.04 Å². The Morgan fingerprint density at radius 3 is 2.43 bits per heavy atom. The van der Waals surface area contributed by atoms with Crippen molar-refractivity contribution in [2.24, 2.45) is 5.41 Å². The molecule has 1 aromatic rings. The largest absolute Gasteiger partial charge is 0.392 e. The summed E-state index contributed by atoms with van der Waals surface area (Å²) in [6.07, 6.45) is 1.75. The molecule has 80 valence electrons. The Balaban J connectivity index is 3.02. The summed E-state index contributed by atoms with van der Waals surface area (Å²) < 4.78 is 1.99. The van der Waals surface area contributed by atoms with Gasteiger partial charge in [0, 0.05) is 11.3 Å². The van der Waals surface area contributed by atoms with Gasteiger partial charge in [0.15, 0.2) is 0 Å². The van der Waals surface area contributed by atoms with Crippen molar-refractivity contribution in [3.05, 3.63) is 17.5 Å². The summed E-state index contributed by atoms with van der Waals surface area (Å²) in [7, 11) is 0. The summed E-state index contributed by atoms with van der Waals surface area (Å²) in [6.45, 7) is 10.8. The number of aliphatic hydroxyl groups excluding tert-OH is 1. The molecular formula is C11H20N2O. The SMILES string of the molecule is Cc1c(CO)cnn1C(C)C(C)(C)C. The van der Waals surface area contributed by atoms with Gasteiger partial charge in [-0.15, -0.1) is 0 Å². The third-order valence-corrected chi connectivity index (χ3v) is 2.94. The van der Waals surface area contributed by atoms with Crippen LogP contribution < -0.4 is 0 Å². The van der Waals surface area contributed by atoms with Gasteiger partial charge in [-0.2, -0.15) is 5.10 Å². The highest BCUT2D eigenvalue weighted by molar-refractivity contribution is 5.15. The van der Waals surface area contributed by atoms with Crippen LogP contribution in [-0.4, -0.2) is 14.9 Å². The van der Waals surface area contributed by atoms with Crippen LogP contribution in [0.3, 0.4) is 0 Å². The Hall–Kier alpha value is -0.830. The van der Waals surface area contributed by atoms with Gasteiger partial charge in [0.1, 0.15) is 0 Å². The Morgan fingerprint density at radius 2 is 2.07 bits per heavy atom. The van der Waals surface area contributed by atoms with Crippen LogP contribution in [0.5, 0.6) is 0 Å². The normalized spacial score (nSPS) is 14.4. The summed E-state index contributed by atoms with van der Waals surface area (Å²) in [4.78, 5) is 0. The Bertz CT molecular complexity index is 310. The van der Waals surface area contributed by atoms with Crippen molar-refractivity contribution >= 4 is 0 Å². The molecule has 0 bridgehead atoms. The maximum atomic E-state index is 9.06. The van der Waals surface area contributed by atoms with Crippen LogP contribution in [0, 0.1) is 12.3 Å². The highest BCUT2D eigenvalue weighted by atomic mass is 16.3. The van der Waals surface area contributed by atoms with E-state index in [1.165, 1.54) is 0 Å². The third kappa shape index (κ3) is 1.98. The van der Waals surface area contributed by atoms with Crippen molar-refractivity contribution in [3.8, 4) is 0 Å². The van der Waals surface area contributed by atoms with E-state index in [2.05, 4.69) is 32.8 Å². The van der Waals surface area contributed by atoms with Crippen LogP contribution >= 0.6 is 0 Å². The smallest absolute Gasteiger partial charge is 0.0715 e. The first kappa shape index (κ1) is 11.2. The van der Waals surface area contributed by atoms with E-state index in [1.54, 1.807) is 6.20 Å². The van der Waals surface area contributed by atoms with E-state index in [-0.39, 0.29) is 12.0 Å². The fourth-order valence-corrected chi connectivity index (χ4v) is 1.37. The molecule has 0 spiro atoms. The number of hydrogen-bond acceptors (Lipinski definition) is 2. The first-order valence-corrected chi connectivity index (χ1v) is 5.01. The van der Waals surface area contributed by atoms with E-state index in [9.17, 15) is 0 Å². The number of rotatable bonds is 2. The minimum atomic E-state index is 0.0721.